The molecule has 0 fully saturated rings. The highest BCUT2D eigenvalue weighted by molar-refractivity contribution is 6.30. The van der Waals surface area contributed by atoms with Crippen LogP contribution in [0.5, 0.6) is 0 Å². The number of benzene rings is 1. The van der Waals surface area contributed by atoms with Crippen LogP contribution in [-0.2, 0) is 14.1 Å². The number of rotatable bonds is 1. The number of hydrogen-bond donors (Lipinski definition) is 0. The van der Waals surface area contributed by atoms with Gasteiger partial charge in [0.15, 0.2) is 11.5 Å². The highest BCUT2D eigenvalue weighted by atomic mass is 35.5. The Morgan fingerprint density at radius 1 is 1.14 bits per heavy atom. The molecule has 0 bridgehead atoms. The van der Waals surface area contributed by atoms with Crippen LogP contribution < -0.4 is 11.2 Å². The molecule has 3 rings (SSSR count). The lowest BCUT2D eigenvalue weighted by Crippen LogP contribution is -2.36. The lowest BCUT2D eigenvalue weighted by atomic mass is 10.1. The summed E-state index contributed by atoms with van der Waals surface area (Å²) in [4.78, 5) is 32.0. The lowest BCUT2D eigenvalue weighted by Gasteiger charge is -2.12. The predicted octanol–water partition coefficient (Wildman–Crippen LogP) is 1.30. The average Bonchev–Trinajstić information content (AvgIpc) is 2.46. The van der Waals surface area contributed by atoms with E-state index in [0.29, 0.717) is 10.7 Å². The molecular weight excluding hydrogens is 292 g/mol. The molecule has 0 unspecified atom stereocenters. The molecule has 1 aromatic carbocycles. The van der Waals surface area contributed by atoms with Crippen LogP contribution in [-0.4, -0.2) is 19.1 Å². The summed E-state index contributed by atoms with van der Waals surface area (Å²) in [5.41, 5.74) is 0.459. The summed E-state index contributed by atoms with van der Waals surface area (Å²) >= 11 is 5.98. The summed E-state index contributed by atoms with van der Waals surface area (Å²) in [7, 11) is 3.09. The first kappa shape index (κ1) is 13.5. The lowest BCUT2D eigenvalue weighted by molar-refractivity contribution is 0.739. The molecule has 2 aliphatic heterocycles. The van der Waals surface area contributed by atoms with Gasteiger partial charge in [0.05, 0.1) is 5.69 Å². The first-order chi connectivity index (χ1) is 9.97. The minimum absolute atomic E-state index is 0.150. The van der Waals surface area contributed by atoms with Gasteiger partial charge in [-0.05, 0) is 12.1 Å². The zero-order chi connectivity index (χ0) is 15.1. The van der Waals surface area contributed by atoms with Crippen molar-refractivity contribution in [3.05, 3.63) is 56.3 Å². The SMILES string of the molecule is Cn1cc(-c2cccc(Cl)c2)nc2c(=O)n(C)c(=O)nc1-2. The topological polar surface area (TPSA) is 69.8 Å². The number of halogens is 1. The molecule has 21 heavy (non-hydrogen) atoms. The van der Waals surface area contributed by atoms with Gasteiger partial charge in [0, 0.05) is 30.9 Å². The summed E-state index contributed by atoms with van der Waals surface area (Å²) in [6.45, 7) is 0. The second-order valence-electron chi connectivity index (χ2n) is 4.68. The molecule has 0 aliphatic carbocycles. The van der Waals surface area contributed by atoms with Crippen molar-refractivity contribution in [3.63, 3.8) is 0 Å². The van der Waals surface area contributed by atoms with Gasteiger partial charge in [0.25, 0.3) is 5.56 Å². The Balaban J connectivity index is 2.36. The Labute approximate surface area is 124 Å². The Hall–Kier alpha value is -2.47. The number of aromatic nitrogens is 4. The third kappa shape index (κ3) is 2.23. The van der Waals surface area contributed by atoms with Crippen molar-refractivity contribution in [1.82, 2.24) is 19.1 Å². The normalized spacial score (nSPS) is 11.0. The number of nitrogens with zero attached hydrogens (tertiary/aromatic N) is 4. The van der Waals surface area contributed by atoms with E-state index in [1.807, 2.05) is 6.07 Å². The molecule has 0 saturated carbocycles. The van der Waals surface area contributed by atoms with E-state index in [1.165, 1.54) is 7.05 Å². The van der Waals surface area contributed by atoms with Crippen LogP contribution in [0.4, 0.5) is 0 Å². The summed E-state index contributed by atoms with van der Waals surface area (Å²) < 4.78 is 2.55. The highest BCUT2D eigenvalue weighted by Crippen LogP contribution is 2.23. The average molecular weight is 303 g/mol. The summed E-state index contributed by atoms with van der Waals surface area (Å²) in [6, 6.07) is 7.17. The molecule has 2 heterocycles. The molecule has 0 radical (unpaired) electrons. The molecule has 106 valence electrons. The Morgan fingerprint density at radius 3 is 2.62 bits per heavy atom. The largest absolute Gasteiger partial charge is 0.352 e. The van der Waals surface area contributed by atoms with Crippen LogP contribution in [0.25, 0.3) is 22.8 Å². The summed E-state index contributed by atoms with van der Waals surface area (Å²) in [5.74, 6) is 0.258. The maximum Gasteiger partial charge on any atom is 0.352 e. The molecule has 0 atom stereocenters. The Bertz CT molecular complexity index is 929. The fraction of sp³-hybridized carbons (Fsp3) is 0.143. The Kier molecular flexibility index (Phi) is 3.10. The van der Waals surface area contributed by atoms with E-state index in [4.69, 9.17) is 11.6 Å². The van der Waals surface area contributed by atoms with E-state index in [-0.39, 0.29) is 11.5 Å². The van der Waals surface area contributed by atoms with Gasteiger partial charge in [0.1, 0.15) is 0 Å². The van der Waals surface area contributed by atoms with Crippen molar-refractivity contribution in [3.8, 4) is 22.8 Å². The molecule has 0 saturated heterocycles. The second-order valence-corrected chi connectivity index (χ2v) is 5.11. The highest BCUT2D eigenvalue weighted by Gasteiger charge is 2.18. The third-order valence-corrected chi connectivity index (χ3v) is 3.45. The fourth-order valence-corrected chi connectivity index (χ4v) is 2.27. The van der Waals surface area contributed by atoms with E-state index >= 15 is 0 Å². The monoisotopic (exact) mass is 302 g/mol. The maximum absolute atomic E-state index is 12.2. The van der Waals surface area contributed by atoms with Crippen molar-refractivity contribution in [2.75, 3.05) is 0 Å². The van der Waals surface area contributed by atoms with Crippen molar-refractivity contribution in [2.45, 2.75) is 0 Å². The van der Waals surface area contributed by atoms with Crippen LogP contribution in [0.1, 0.15) is 0 Å². The van der Waals surface area contributed by atoms with Crippen molar-refractivity contribution >= 4 is 11.6 Å². The zero-order valence-corrected chi connectivity index (χ0v) is 12.1. The molecule has 1 aromatic rings. The van der Waals surface area contributed by atoms with Crippen LogP contribution >= 0.6 is 11.6 Å². The predicted molar refractivity (Wildman–Crippen MR) is 79.6 cm³/mol. The molecule has 6 nitrogen and oxygen atoms in total. The first-order valence-electron chi connectivity index (χ1n) is 6.18. The van der Waals surface area contributed by atoms with Crippen LogP contribution in [0.2, 0.25) is 5.02 Å². The van der Waals surface area contributed by atoms with Gasteiger partial charge in [-0.3, -0.25) is 9.36 Å². The van der Waals surface area contributed by atoms with E-state index in [9.17, 15) is 9.59 Å². The van der Waals surface area contributed by atoms with Gasteiger partial charge in [-0.15, -0.1) is 0 Å². The van der Waals surface area contributed by atoms with E-state index < -0.39 is 11.2 Å². The summed E-state index contributed by atoms with van der Waals surface area (Å²) in [6.07, 6.45) is 1.71. The minimum atomic E-state index is -0.597. The smallest absolute Gasteiger partial charge is 0.332 e. The van der Waals surface area contributed by atoms with Crippen molar-refractivity contribution in [1.29, 1.82) is 0 Å². The first-order valence-corrected chi connectivity index (χ1v) is 6.55. The second kappa shape index (κ2) is 4.82. The van der Waals surface area contributed by atoms with Crippen molar-refractivity contribution in [2.24, 2.45) is 14.1 Å². The zero-order valence-electron chi connectivity index (χ0n) is 11.4. The standard InChI is InChI=1S/C14H11ClN4O2/c1-18-7-10(8-4-3-5-9(15)6-8)16-11-12(18)17-14(21)19(2)13(11)20/h3-7H,1-2H3. The van der Waals surface area contributed by atoms with Gasteiger partial charge < -0.3 is 4.57 Å². The maximum atomic E-state index is 12.2. The minimum Gasteiger partial charge on any atom is -0.332 e. The molecule has 2 aliphatic rings. The quantitative estimate of drug-likeness (QED) is 0.679. The number of hydrogen-bond acceptors (Lipinski definition) is 4. The Morgan fingerprint density at radius 2 is 1.90 bits per heavy atom. The van der Waals surface area contributed by atoms with Gasteiger partial charge >= 0.3 is 5.69 Å². The van der Waals surface area contributed by atoms with E-state index in [1.54, 1.807) is 36.0 Å². The van der Waals surface area contributed by atoms with Gasteiger partial charge in [-0.1, -0.05) is 23.7 Å². The molecule has 0 amide bonds. The molecular formula is C14H11ClN4O2. The third-order valence-electron chi connectivity index (χ3n) is 3.21. The number of fused-ring (bicyclic) bond motifs is 1. The molecule has 0 aromatic heterocycles. The van der Waals surface area contributed by atoms with E-state index in [2.05, 4.69) is 9.97 Å². The van der Waals surface area contributed by atoms with E-state index in [0.717, 1.165) is 10.1 Å². The van der Waals surface area contributed by atoms with Crippen LogP contribution in [0.3, 0.4) is 0 Å². The van der Waals surface area contributed by atoms with Crippen LogP contribution in [0, 0.1) is 0 Å². The molecule has 7 heteroatoms. The van der Waals surface area contributed by atoms with Gasteiger partial charge in [-0.2, -0.15) is 4.98 Å². The van der Waals surface area contributed by atoms with Crippen LogP contribution in [0.15, 0.2) is 40.1 Å². The summed E-state index contributed by atoms with van der Waals surface area (Å²) in [5, 5.41) is 0.581. The molecule has 0 N–H and O–H groups in total. The van der Waals surface area contributed by atoms with Crippen molar-refractivity contribution < 1.29 is 0 Å². The molecule has 0 spiro atoms. The van der Waals surface area contributed by atoms with Gasteiger partial charge in [0.2, 0.25) is 0 Å². The number of aryl methyl sites for hydroxylation is 1. The van der Waals surface area contributed by atoms with Gasteiger partial charge in [-0.25, -0.2) is 9.78 Å². The fourth-order valence-electron chi connectivity index (χ4n) is 2.08.